The minimum Gasteiger partial charge on any atom is -0.471 e. The highest BCUT2D eigenvalue weighted by atomic mass is 19.1. The van der Waals surface area contributed by atoms with Gasteiger partial charge in [-0.2, -0.15) is 5.10 Å². The molecule has 21 heavy (non-hydrogen) atoms. The van der Waals surface area contributed by atoms with E-state index in [-0.39, 0.29) is 12.4 Å². The van der Waals surface area contributed by atoms with Gasteiger partial charge in [0.1, 0.15) is 12.4 Å². The highest BCUT2D eigenvalue weighted by Gasteiger charge is 2.14. The van der Waals surface area contributed by atoms with Gasteiger partial charge in [0.05, 0.1) is 5.69 Å². The fourth-order valence-corrected chi connectivity index (χ4v) is 2.32. The Morgan fingerprint density at radius 3 is 2.48 bits per heavy atom. The van der Waals surface area contributed by atoms with Crippen LogP contribution in [0, 0.1) is 5.82 Å². The van der Waals surface area contributed by atoms with Crippen LogP contribution in [-0.4, -0.2) is 10.2 Å². The number of rotatable bonds is 6. The van der Waals surface area contributed by atoms with Crippen LogP contribution >= 0.6 is 0 Å². The third kappa shape index (κ3) is 3.36. The van der Waals surface area contributed by atoms with Crippen molar-refractivity contribution in [3.05, 3.63) is 52.5 Å². The topological polar surface area (TPSA) is 61.0 Å². The first-order valence-corrected chi connectivity index (χ1v) is 7.14. The second kappa shape index (κ2) is 7.13. The van der Waals surface area contributed by atoms with Crippen molar-refractivity contribution in [3.63, 3.8) is 0 Å². The van der Waals surface area contributed by atoms with E-state index in [0.29, 0.717) is 18.0 Å². The first kappa shape index (κ1) is 15.4. The van der Waals surface area contributed by atoms with Crippen molar-refractivity contribution in [3.8, 4) is 5.88 Å². The van der Waals surface area contributed by atoms with Crippen molar-refractivity contribution in [1.82, 2.24) is 10.2 Å². The number of nitrogens with zero attached hydrogens (tertiary/aromatic N) is 2. The molecule has 0 aliphatic carbocycles. The second-order valence-electron chi connectivity index (χ2n) is 4.70. The van der Waals surface area contributed by atoms with Crippen LogP contribution < -0.4 is 10.5 Å². The van der Waals surface area contributed by atoms with Gasteiger partial charge in [0.15, 0.2) is 0 Å². The maximum Gasteiger partial charge on any atom is 0.238 e. The minimum absolute atomic E-state index is 0.114. The lowest BCUT2D eigenvalue weighted by molar-refractivity contribution is 0.280. The molecule has 1 aromatic heterocycles. The summed E-state index contributed by atoms with van der Waals surface area (Å²) in [6, 6.07) is 6.52. The number of hydrogen-bond acceptors (Lipinski definition) is 4. The number of aromatic nitrogens is 2. The van der Waals surface area contributed by atoms with Crippen LogP contribution in [0.2, 0.25) is 0 Å². The third-order valence-electron chi connectivity index (χ3n) is 3.45. The van der Waals surface area contributed by atoms with E-state index in [1.807, 2.05) is 6.92 Å². The van der Waals surface area contributed by atoms with Crippen molar-refractivity contribution in [1.29, 1.82) is 0 Å². The summed E-state index contributed by atoms with van der Waals surface area (Å²) in [5.74, 6) is 0.107. The average molecular weight is 289 g/mol. The number of halogens is 1. The minimum atomic E-state index is -0.291. The smallest absolute Gasteiger partial charge is 0.238 e. The predicted octanol–water partition coefficient (Wildman–Crippen LogP) is 2.78. The van der Waals surface area contributed by atoms with Crippen LogP contribution in [0.5, 0.6) is 5.88 Å². The second-order valence-corrected chi connectivity index (χ2v) is 4.70. The lowest BCUT2D eigenvalue weighted by Crippen LogP contribution is -2.12. The van der Waals surface area contributed by atoms with Crippen molar-refractivity contribution in [2.45, 2.75) is 39.8 Å². The molecular weight excluding hydrogens is 269 g/mol. The van der Waals surface area contributed by atoms with Crippen LogP contribution in [0.15, 0.2) is 24.3 Å². The van der Waals surface area contributed by atoms with E-state index in [1.54, 1.807) is 18.2 Å². The first-order valence-electron chi connectivity index (χ1n) is 7.14. The Balaban J connectivity index is 2.26. The maximum atomic E-state index is 13.6. The number of ether oxygens (including phenoxy) is 1. The van der Waals surface area contributed by atoms with E-state index in [4.69, 9.17) is 10.5 Å². The molecule has 0 unspecified atom stereocenters. The highest BCUT2D eigenvalue weighted by molar-refractivity contribution is 5.37. The Morgan fingerprint density at radius 2 is 1.86 bits per heavy atom. The largest absolute Gasteiger partial charge is 0.471 e. The van der Waals surface area contributed by atoms with E-state index in [9.17, 15) is 4.39 Å². The van der Waals surface area contributed by atoms with Crippen molar-refractivity contribution >= 4 is 0 Å². The molecule has 0 atom stereocenters. The summed E-state index contributed by atoms with van der Waals surface area (Å²) >= 11 is 0. The van der Waals surface area contributed by atoms with Crippen LogP contribution in [0.3, 0.4) is 0 Å². The van der Waals surface area contributed by atoms with Gasteiger partial charge in [-0.25, -0.2) is 4.39 Å². The molecule has 0 fully saturated rings. The predicted molar refractivity (Wildman–Crippen MR) is 79.4 cm³/mol. The standard InChI is InChI=1S/C16H20FN3O/c1-3-12-13(9-18)16(20-19-15(12)4-2)21-10-11-7-5-6-8-14(11)17/h5-8H,3-4,9-10,18H2,1-2H3. The molecular formula is C16H20FN3O. The van der Waals surface area contributed by atoms with Crippen molar-refractivity contribution < 1.29 is 9.13 Å². The zero-order valence-electron chi connectivity index (χ0n) is 12.4. The summed E-state index contributed by atoms with van der Waals surface area (Å²) in [6.45, 7) is 4.53. The van der Waals surface area contributed by atoms with E-state index < -0.39 is 0 Å². The molecule has 5 heteroatoms. The molecule has 1 heterocycles. The monoisotopic (exact) mass is 289 g/mol. The summed E-state index contributed by atoms with van der Waals surface area (Å²) in [6.07, 6.45) is 1.62. The van der Waals surface area contributed by atoms with Crippen molar-refractivity contribution in [2.24, 2.45) is 5.73 Å². The molecule has 2 aromatic rings. The SMILES string of the molecule is CCc1nnc(OCc2ccccc2F)c(CN)c1CC. The zero-order valence-corrected chi connectivity index (χ0v) is 12.4. The Morgan fingerprint density at radius 1 is 1.10 bits per heavy atom. The zero-order chi connectivity index (χ0) is 15.2. The molecule has 0 aliphatic heterocycles. The summed E-state index contributed by atoms with van der Waals surface area (Å²) in [4.78, 5) is 0. The van der Waals surface area contributed by atoms with E-state index >= 15 is 0 Å². The summed E-state index contributed by atoms with van der Waals surface area (Å²) in [7, 11) is 0. The highest BCUT2D eigenvalue weighted by Crippen LogP contribution is 2.23. The molecule has 0 amide bonds. The van der Waals surface area contributed by atoms with Gasteiger partial charge in [-0.15, -0.1) is 5.10 Å². The Labute approximate surface area is 124 Å². The number of nitrogens with two attached hydrogens (primary N) is 1. The van der Waals surface area contributed by atoms with Crippen LogP contribution in [0.25, 0.3) is 0 Å². The summed E-state index contributed by atoms with van der Waals surface area (Å²) in [5.41, 5.74) is 9.20. The summed E-state index contributed by atoms with van der Waals surface area (Å²) < 4.78 is 19.2. The molecule has 0 saturated carbocycles. The molecule has 2 rings (SSSR count). The van der Waals surface area contributed by atoms with Gasteiger partial charge in [-0.1, -0.05) is 32.0 Å². The van der Waals surface area contributed by atoms with E-state index in [1.165, 1.54) is 6.07 Å². The molecule has 1 aromatic carbocycles. The fraction of sp³-hybridized carbons (Fsp3) is 0.375. The van der Waals surface area contributed by atoms with Gasteiger partial charge in [0, 0.05) is 17.7 Å². The average Bonchev–Trinajstić information content (AvgIpc) is 2.52. The Hall–Kier alpha value is -2.01. The van der Waals surface area contributed by atoms with Crippen molar-refractivity contribution in [2.75, 3.05) is 0 Å². The van der Waals surface area contributed by atoms with Gasteiger partial charge in [0.2, 0.25) is 5.88 Å². The molecule has 4 nitrogen and oxygen atoms in total. The van der Waals surface area contributed by atoms with E-state index in [2.05, 4.69) is 17.1 Å². The lowest BCUT2D eigenvalue weighted by Gasteiger charge is -2.14. The molecule has 0 aliphatic rings. The molecule has 0 radical (unpaired) electrons. The molecule has 0 spiro atoms. The van der Waals surface area contributed by atoms with Crippen LogP contribution in [-0.2, 0) is 26.0 Å². The lowest BCUT2D eigenvalue weighted by atomic mass is 10.0. The molecule has 0 saturated heterocycles. The van der Waals surface area contributed by atoms with Crippen LogP contribution in [0.4, 0.5) is 4.39 Å². The Bertz CT molecular complexity index is 616. The molecule has 112 valence electrons. The quantitative estimate of drug-likeness (QED) is 0.888. The Kier molecular flexibility index (Phi) is 5.22. The van der Waals surface area contributed by atoms with E-state index in [0.717, 1.165) is 29.7 Å². The maximum absolute atomic E-state index is 13.6. The number of benzene rings is 1. The van der Waals surface area contributed by atoms with Gasteiger partial charge < -0.3 is 10.5 Å². The van der Waals surface area contributed by atoms with Crippen LogP contribution in [0.1, 0.15) is 36.2 Å². The fourth-order valence-electron chi connectivity index (χ4n) is 2.32. The normalized spacial score (nSPS) is 10.7. The molecule has 2 N–H and O–H groups in total. The van der Waals surface area contributed by atoms with Gasteiger partial charge in [-0.05, 0) is 24.5 Å². The summed E-state index contributed by atoms with van der Waals surface area (Å²) in [5, 5.41) is 8.29. The van der Waals surface area contributed by atoms with Gasteiger partial charge >= 0.3 is 0 Å². The number of hydrogen-bond donors (Lipinski definition) is 1. The third-order valence-corrected chi connectivity index (χ3v) is 3.45. The van der Waals surface area contributed by atoms with Gasteiger partial charge in [-0.3, -0.25) is 0 Å². The van der Waals surface area contributed by atoms with Gasteiger partial charge in [0.25, 0.3) is 0 Å². The number of aryl methyl sites for hydroxylation is 1. The molecule has 0 bridgehead atoms. The first-order chi connectivity index (χ1) is 10.2.